The molecular weight excluding hydrogens is 128 g/mol. The highest BCUT2D eigenvalue weighted by molar-refractivity contribution is 5.75. The average molecular weight is 138 g/mol. The zero-order chi connectivity index (χ0) is 7.56. The smallest absolute Gasteiger partial charge is 0.224 e. The maximum atomic E-state index is 10.8. The lowest BCUT2D eigenvalue weighted by Gasteiger charge is -2.23. The van der Waals surface area contributed by atoms with Gasteiger partial charge in [0.05, 0.1) is 0 Å². The van der Waals surface area contributed by atoms with Crippen LogP contribution in [0.5, 0.6) is 0 Å². The summed E-state index contributed by atoms with van der Waals surface area (Å²) in [5, 5.41) is 0. The second kappa shape index (κ2) is 2.66. The maximum absolute atomic E-state index is 10.8. The molecule has 10 heavy (non-hydrogen) atoms. The molecule has 3 nitrogen and oxygen atoms in total. The Balaban J connectivity index is 2.70. The first-order valence-electron chi connectivity index (χ1n) is 3.11. The molecule has 0 radical (unpaired) electrons. The van der Waals surface area contributed by atoms with E-state index < -0.39 is 0 Å². The minimum atomic E-state index is -0.289. The topological polar surface area (TPSA) is 46.3 Å². The monoisotopic (exact) mass is 138 g/mol. The first-order valence-corrected chi connectivity index (χ1v) is 3.11. The van der Waals surface area contributed by atoms with Crippen molar-refractivity contribution in [1.29, 1.82) is 0 Å². The third-order valence-corrected chi connectivity index (χ3v) is 1.35. The Bertz CT molecular complexity index is 196. The second-order valence-corrected chi connectivity index (χ2v) is 2.14. The average Bonchev–Trinajstić information content (AvgIpc) is 1.88. The van der Waals surface area contributed by atoms with E-state index in [4.69, 9.17) is 5.73 Å². The zero-order valence-electron chi connectivity index (χ0n) is 5.82. The summed E-state index contributed by atoms with van der Waals surface area (Å²) < 4.78 is 0. The van der Waals surface area contributed by atoms with Crippen LogP contribution in [0, 0.1) is 0 Å². The molecule has 1 amide bonds. The molecule has 1 unspecified atom stereocenters. The fourth-order valence-corrected chi connectivity index (χ4v) is 0.827. The van der Waals surface area contributed by atoms with Gasteiger partial charge >= 0.3 is 0 Å². The normalized spacial score (nSPS) is 23.4. The number of nitrogens with zero attached hydrogens (tertiary/aromatic N) is 1. The fourth-order valence-electron chi connectivity index (χ4n) is 0.827. The van der Waals surface area contributed by atoms with Crippen molar-refractivity contribution in [2.24, 2.45) is 5.73 Å². The van der Waals surface area contributed by atoms with E-state index in [0.717, 1.165) is 0 Å². The van der Waals surface area contributed by atoms with Gasteiger partial charge in [0.25, 0.3) is 0 Å². The molecule has 0 bridgehead atoms. The number of hydrogen-bond donors (Lipinski definition) is 1. The number of rotatable bonds is 0. The molecule has 54 valence electrons. The van der Waals surface area contributed by atoms with E-state index in [9.17, 15) is 4.79 Å². The van der Waals surface area contributed by atoms with Crippen molar-refractivity contribution in [1.82, 2.24) is 4.90 Å². The van der Waals surface area contributed by atoms with Crippen LogP contribution in [0.2, 0.25) is 0 Å². The molecule has 1 rings (SSSR count). The van der Waals surface area contributed by atoms with Crippen molar-refractivity contribution < 1.29 is 4.79 Å². The predicted molar refractivity (Wildman–Crippen MR) is 38.8 cm³/mol. The summed E-state index contributed by atoms with van der Waals surface area (Å²) in [7, 11) is 0. The predicted octanol–water partition coefficient (Wildman–Crippen LogP) is 0.203. The Kier molecular flexibility index (Phi) is 1.87. The van der Waals surface area contributed by atoms with Crippen LogP contribution < -0.4 is 5.73 Å². The molecular formula is C7H10N2O. The van der Waals surface area contributed by atoms with Crippen molar-refractivity contribution in [3.8, 4) is 0 Å². The molecule has 0 aliphatic carbocycles. The van der Waals surface area contributed by atoms with E-state index in [1.807, 2.05) is 6.08 Å². The molecule has 0 aromatic rings. The molecule has 0 aromatic carbocycles. The van der Waals surface area contributed by atoms with Crippen LogP contribution in [-0.2, 0) is 4.79 Å². The molecule has 1 atom stereocenters. The molecule has 1 aliphatic heterocycles. The zero-order valence-corrected chi connectivity index (χ0v) is 5.82. The van der Waals surface area contributed by atoms with Crippen LogP contribution in [0.15, 0.2) is 24.4 Å². The van der Waals surface area contributed by atoms with Crippen LogP contribution in [0.1, 0.15) is 6.92 Å². The molecule has 1 heterocycles. The van der Waals surface area contributed by atoms with E-state index in [0.29, 0.717) is 0 Å². The molecule has 0 aromatic heterocycles. The third kappa shape index (κ3) is 1.25. The Morgan fingerprint density at radius 2 is 2.30 bits per heavy atom. The summed E-state index contributed by atoms with van der Waals surface area (Å²) in [6, 6.07) is 0. The molecule has 2 N–H and O–H groups in total. The molecule has 3 heteroatoms. The number of carbonyl (C=O) groups is 1. The van der Waals surface area contributed by atoms with E-state index >= 15 is 0 Å². The lowest BCUT2D eigenvalue weighted by molar-refractivity contribution is -0.127. The third-order valence-electron chi connectivity index (χ3n) is 1.35. The summed E-state index contributed by atoms with van der Waals surface area (Å²) in [6.07, 6.45) is 6.76. The first kappa shape index (κ1) is 7.02. The quantitative estimate of drug-likeness (QED) is 0.520. The minimum absolute atomic E-state index is 0.0342. The molecule has 0 spiro atoms. The first-order chi connectivity index (χ1) is 4.72. The fraction of sp³-hybridized carbons (Fsp3) is 0.286. The maximum Gasteiger partial charge on any atom is 0.224 e. The molecule has 1 aliphatic rings. The van der Waals surface area contributed by atoms with Crippen molar-refractivity contribution >= 4 is 5.91 Å². The summed E-state index contributed by atoms with van der Waals surface area (Å²) in [5.74, 6) is -0.0342. The van der Waals surface area contributed by atoms with Crippen LogP contribution in [0.4, 0.5) is 0 Å². The number of hydrogen-bond acceptors (Lipinski definition) is 2. The summed E-state index contributed by atoms with van der Waals surface area (Å²) in [5.41, 5.74) is 5.55. The van der Waals surface area contributed by atoms with E-state index in [2.05, 4.69) is 0 Å². The van der Waals surface area contributed by atoms with Gasteiger partial charge in [-0.1, -0.05) is 6.08 Å². The minimum Gasteiger partial charge on any atom is -0.308 e. The summed E-state index contributed by atoms with van der Waals surface area (Å²) in [6.45, 7) is 1.49. The molecule has 0 saturated heterocycles. The van der Waals surface area contributed by atoms with Crippen molar-refractivity contribution in [3.63, 3.8) is 0 Å². The highest BCUT2D eigenvalue weighted by atomic mass is 16.2. The largest absolute Gasteiger partial charge is 0.308 e. The Hall–Kier alpha value is -1.09. The van der Waals surface area contributed by atoms with Gasteiger partial charge in [0, 0.05) is 13.1 Å². The number of amides is 1. The highest BCUT2D eigenvalue weighted by Crippen LogP contribution is 2.02. The highest BCUT2D eigenvalue weighted by Gasteiger charge is 2.12. The Labute approximate surface area is 59.8 Å². The molecule has 0 saturated carbocycles. The van der Waals surface area contributed by atoms with Crippen molar-refractivity contribution in [3.05, 3.63) is 24.4 Å². The van der Waals surface area contributed by atoms with Gasteiger partial charge in [-0.15, -0.1) is 0 Å². The van der Waals surface area contributed by atoms with Crippen LogP contribution >= 0.6 is 0 Å². The van der Waals surface area contributed by atoms with Gasteiger partial charge in [-0.2, -0.15) is 0 Å². The SMILES string of the molecule is CC(=O)N1C=CC=CC1N. The lowest BCUT2D eigenvalue weighted by atomic mass is 10.3. The van der Waals surface area contributed by atoms with E-state index in [1.54, 1.807) is 18.4 Å². The Morgan fingerprint density at radius 3 is 2.70 bits per heavy atom. The van der Waals surface area contributed by atoms with Crippen molar-refractivity contribution in [2.45, 2.75) is 13.1 Å². The van der Waals surface area contributed by atoms with Gasteiger partial charge in [-0.25, -0.2) is 0 Å². The molecule has 0 fully saturated rings. The number of allylic oxidation sites excluding steroid dienone is 2. The number of carbonyl (C=O) groups excluding carboxylic acids is 1. The van der Waals surface area contributed by atoms with Gasteiger partial charge in [0.15, 0.2) is 0 Å². The van der Waals surface area contributed by atoms with Crippen LogP contribution in [0.25, 0.3) is 0 Å². The van der Waals surface area contributed by atoms with E-state index in [1.165, 1.54) is 11.8 Å². The summed E-state index contributed by atoms with van der Waals surface area (Å²) >= 11 is 0. The standard InChI is InChI=1S/C7H10N2O/c1-6(10)9-5-3-2-4-7(9)8/h2-5,7H,8H2,1H3. The van der Waals surface area contributed by atoms with Crippen LogP contribution in [0.3, 0.4) is 0 Å². The van der Waals surface area contributed by atoms with Gasteiger partial charge < -0.3 is 5.73 Å². The van der Waals surface area contributed by atoms with Gasteiger partial charge in [-0.05, 0) is 12.2 Å². The van der Waals surface area contributed by atoms with Gasteiger partial charge in [0.2, 0.25) is 5.91 Å². The Morgan fingerprint density at radius 1 is 1.60 bits per heavy atom. The van der Waals surface area contributed by atoms with Crippen molar-refractivity contribution in [2.75, 3.05) is 0 Å². The number of nitrogens with two attached hydrogens (primary N) is 1. The lowest BCUT2D eigenvalue weighted by Crippen LogP contribution is -2.40. The van der Waals surface area contributed by atoms with E-state index in [-0.39, 0.29) is 12.1 Å². The van der Waals surface area contributed by atoms with Gasteiger partial charge in [-0.3, -0.25) is 9.69 Å². The second-order valence-electron chi connectivity index (χ2n) is 2.14. The summed E-state index contributed by atoms with van der Waals surface area (Å²) in [4.78, 5) is 12.2. The van der Waals surface area contributed by atoms with Gasteiger partial charge in [0.1, 0.15) is 6.17 Å². The van der Waals surface area contributed by atoms with Crippen LogP contribution in [-0.4, -0.2) is 17.0 Å².